The van der Waals surface area contributed by atoms with Gasteiger partial charge in [0.25, 0.3) is 0 Å². The zero-order valence-corrected chi connectivity index (χ0v) is 16.9. The maximum atomic E-state index is 12.8. The predicted molar refractivity (Wildman–Crippen MR) is 113 cm³/mol. The molecule has 3 rings (SSSR count). The molecule has 156 valence electrons. The molecule has 0 bridgehead atoms. The van der Waals surface area contributed by atoms with Gasteiger partial charge in [0.2, 0.25) is 17.7 Å². The van der Waals surface area contributed by atoms with E-state index < -0.39 is 0 Å². The van der Waals surface area contributed by atoms with Gasteiger partial charge in [-0.1, -0.05) is 49.0 Å². The monoisotopic (exact) mass is 407 g/mol. The normalized spacial score (nSPS) is 14.8. The minimum absolute atomic E-state index is 0.0455. The molecular formula is C23H25N3O4. The number of methoxy groups -OCH3 is 1. The zero-order chi connectivity index (χ0) is 21.5. The van der Waals surface area contributed by atoms with E-state index in [0.29, 0.717) is 18.8 Å². The first-order valence-electron chi connectivity index (χ1n) is 9.69. The van der Waals surface area contributed by atoms with Crippen LogP contribution in [0, 0.1) is 0 Å². The van der Waals surface area contributed by atoms with Crippen LogP contribution in [-0.4, -0.2) is 60.8 Å². The summed E-state index contributed by atoms with van der Waals surface area (Å²) in [5.41, 5.74) is 1.80. The Hall–Kier alpha value is -3.61. The number of rotatable bonds is 7. The van der Waals surface area contributed by atoms with Gasteiger partial charge in [-0.25, -0.2) is 0 Å². The molecule has 0 radical (unpaired) electrons. The number of piperazine rings is 1. The maximum absolute atomic E-state index is 12.8. The number of benzene rings is 2. The Labute approximate surface area is 175 Å². The van der Waals surface area contributed by atoms with Gasteiger partial charge in [0.15, 0.2) is 0 Å². The average Bonchev–Trinajstić information content (AvgIpc) is 2.78. The number of hydrogen-bond donors (Lipinski definition) is 1. The minimum atomic E-state index is -0.382. The van der Waals surface area contributed by atoms with Crippen molar-refractivity contribution in [1.82, 2.24) is 15.1 Å². The lowest BCUT2D eigenvalue weighted by Crippen LogP contribution is -2.54. The summed E-state index contributed by atoms with van der Waals surface area (Å²) in [6.07, 6.45) is 1.19. The van der Waals surface area contributed by atoms with Gasteiger partial charge in [-0.3, -0.25) is 14.4 Å². The molecule has 1 aliphatic rings. The molecule has 0 saturated carbocycles. The van der Waals surface area contributed by atoms with Crippen molar-refractivity contribution in [2.24, 2.45) is 0 Å². The second-order valence-electron chi connectivity index (χ2n) is 6.97. The SMILES string of the molecule is C=CC(=O)N1CCN(CC(=O)NC(c2ccccc2)c2cccc(OC)c2)C(=O)C1. The Balaban J connectivity index is 1.72. The van der Waals surface area contributed by atoms with Crippen LogP contribution in [0.5, 0.6) is 5.75 Å². The van der Waals surface area contributed by atoms with E-state index in [2.05, 4.69) is 11.9 Å². The van der Waals surface area contributed by atoms with Crippen LogP contribution in [0.3, 0.4) is 0 Å². The number of amides is 3. The van der Waals surface area contributed by atoms with Crippen molar-refractivity contribution in [2.45, 2.75) is 6.04 Å². The summed E-state index contributed by atoms with van der Waals surface area (Å²) in [4.78, 5) is 39.8. The molecule has 1 unspecified atom stereocenters. The summed E-state index contributed by atoms with van der Waals surface area (Å²) < 4.78 is 5.32. The van der Waals surface area contributed by atoms with Crippen LogP contribution < -0.4 is 10.1 Å². The lowest BCUT2D eigenvalue weighted by atomic mass is 9.98. The standard InChI is InChI=1S/C23H25N3O4/c1-3-21(28)26-13-12-25(22(29)16-26)15-20(27)24-23(17-8-5-4-6-9-17)18-10-7-11-19(14-18)30-2/h3-11,14,23H,1,12-13,15-16H2,2H3,(H,24,27). The van der Waals surface area contributed by atoms with Crippen LogP contribution in [0.2, 0.25) is 0 Å². The van der Waals surface area contributed by atoms with Crippen molar-refractivity contribution in [3.05, 3.63) is 78.4 Å². The molecule has 30 heavy (non-hydrogen) atoms. The smallest absolute Gasteiger partial charge is 0.246 e. The quantitative estimate of drug-likeness (QED) is 0.710. The van der Waals surface area contributed by atoms with E-state index in [1.807, 2.05) is 54.6 Å². The van der Waals surface area contributed by atoms with Gasteiger partial charge in [0, 0.05) is 13.1 Å². The molecule has 1 fully saturated rings. The van der Waals surface area contributed by atoms with Crippen molar-refractivity contribution >= 4 is 17.7 Å². The molecule has 7 heteroatoms. The number of nitrogens with one attached hydrogen (secondary N) is 1. The Kier molecular flexibility index (Phi) is 6.85. The lowest BCUT2D eigenvalue weighted by Gasteiger charge is -2.33. The zero-order valence-electron chi connectivity index (χ0n) is 16.9. The topological polar surface area (TPSA) is 79.0 Å². The van der Waals surface area contributed by atoms with E-state index in [4.69, 9.17) is 4.74 Å². The molecule has 3 amide bonds. The Bertz CT molecular complexity index is 929. The summed E-state index contributed by atoms with van der Waals surface area (Å²) in [7, 11) is 1.59. The Morgan fingerprint density at radius 3 is 2.53 bits per heavy atom. The van der Waals surface area contributed by atoms with Gasteiger partial charge in [-0.15, -0.1) is 0 Å². The average molecular weight is 407 g/mol. The molecule has 0 spiro atoms. The van der Waals surface area contributed by atoms with Crippen LogP contribution in [0.1, 0.15) is 17.2 Å². The van der Waals surface area contributed by atoms with E-state index >= 15 is 0 Å². The molecule has 1 atom stereocenters. The highest BCUT2D eigenvalue weighted by Crippen LogP contribution is 2.25. The molecule has 1 aliphatic heterocycles. The minimum Gasteiger partial charge on any atom is -0.497 e. The van der Waals surface area contributed by atoms with E-state index in [1.165, 1.54) is 15.9 Å². The summed E-state index contributed by atoms with van der Waals surface area (Å²) in [6, 6.07) is 16.7. The Morgan fingerprint density at radius 2 is 1.87 bits per heavy atom. The van der Waals surface area contributed by atoms with Gasteiger partial charge in [-0.2, -0.15) is 0 Å². The molecule has 0 aromatic heterocycles. The first kappa shape index (κ1) is 21.1. The number of ether oxygens (including phenoxy) is 1. The first-order valence-corrected chi connectivity index (χ1v) is 9.69. The second-order valence-corrected chi connectivity index (χ2v) is 6.97. The lowest BCUT2D eigenvalue weighted by molar-refractivity contribution is -0.145. The Morgan fingerprint density at radius 1 is 1.13 bits per heavy atom. The van der Waals surface area contributed by atoms with E-state index in [1.54, 1.807) is 7.11 Å². The summed E-state index contributed by atoms with van der Waals surface area (Å²) >= 11 is 0. The van der Waals surface area contributed by atoms with Crippen LogP contribution in [0.4, 0.5) is 0 Å². The predicted octanol–water partition coefficient (Wildman–Crippen LogP) is 1.76. The van der Waals surface area contributed by atoms with Gasteiger partial charge in [-0.05, 0) is 29.3 Å². The highest BCUT2D eigenvalue weighted by atomic mass is 16.5. The third-order valence-corrected chi connectivity index (χ3v) is 5.00. The number of carbonyl (C=O) groups excluding carboxylic acids is 3. The summed E-state index contributed by atoms with van der Waals surface area (Å²) in [6.45, 7) is 4.01. The largest absolute Gasteiger partial charge is 0.497 e. The molecule has 1 N–H and O–H groups in total. The van der Waals surface area contributed by atoms with Crippen molar-refractivity contribution in [1.29, 1.82) is 0 Å². The maximum Gasteiger partial charge on any atom is 0.246 e. The third kappa shape index (κ3) is 5.05. The number of carbonyl (C=O) groups is 3. The van der Waals surface area contributed by atoms with E-state index in [-0.39, 0.29) is 36.9 Å². The summed E-state index contributed by atoms with van der Waals surface area (Å²) in [5, 5.41) is 3.03. The molecule has 1 heterocycles. The first-order chi connectivity index (χ1) is 14.5. The molecule has 2 aromatic rings. The van der Waals surface area contributed by atoms with Crippen molar-refractivity contribution < 1.29 is 19.1 Å². The fourth-order valence-corrected chi connectivity index (χ4v) is 3.40. The fraction of sp³-hybridized carbons (Fsp3) is 0.261. The highest BCUT2D eigenvalue weighted by Gasteiger charge is 2.28. The molecular weight excluding hydrogens is 382 g/mol. The third-order valence-electron chi connectivity index (χ3n) is 5.00. The second kappa shape index (κ2) is 9.73. The van der Waals surface area contributed by atoms with Crippen LogP contribution in [0.15, 0.2) is 67.3 Å². The van der Waals surface area contributed by atoms with Crippen molar-refractivity contribution in [3.8, 4) is 5.75 Å². The fourth-order valence-electron chi connectivity index (χ4n) is 3.40. The van der Waals surface area contributed by atoms with Gasteiger partial charge in [0.05, 0.1) is 19.7 Å². The van der Waals surface area contributed by atoms with Gasteiger partial charge < -0.3 is 19.9 Å². The van der Waals surface area contributed by atoms with Gasteiger partial charge >= 0.3 is 0 Å². The van der Waals surface area contributed by atoms with E-state index in [0.717, 1.165) is 11.1 Å². The molecule has 0 aliphatic carbocycles. The van der Waals surface area contributed by atoms with Gasteiger partial charge in [0.1, 0.15) is 12.3 Å². The molecule has 2 aromatic carbocycles. The summed E-state index contributed by atoms with van der Waals surface area (Å²) in [5.74, 6) is -0.122. The van der Waals surface area contributed by atoms with Crippen molar-refractivity contribution in [3.63, 3.8) is 0 Å². The number of nitrogens with zero attached hydrogens (tertiary/aromatic N) is 2. The number of hydrogen-bond acceptors (Lipinski definition) is 4. The molecule has 1 saturated heterocycles. The highest BCUT2D eigenvalue weighted by molar-refractivity contribution is 5.93. The van der Waals surface area contributed by atoms with Crippen LogP contribution in [-0.2, 0) is 14.4 Å². The van der Waals surface area contributed by atoms with E-state index in [9.17, 15) is 14.4 Å². The molecule has 7 nitrogen and oxygen atoms in total. The van der Waals surface area contributed by atoms with Crippen molar-refractivity contribution in [2.75, 3.05) is 33.3 Å². The van der Waals surface area contributed by atoms with Crippen LogP contribution in [0.25, 0.3) is 0 Å². The van der Waals surface area contributed by atoms with Crippen LogP contribution >= 0.6 is 0 Å².